The van der Waals surface area contributed by atoms with Crippen LogP contribution in [-0.2, 0) is 14.2 Å². The molecule has 9 nitrogen and oxygen atoms in total. The van der Waals surface area contributed by atoms with E-state index in [1.54, 1.807) is 31.7 Å². The van der Waals surface area contributed by atoms with Gasteiger partial charge in [-0.1, -0.05) is 6.08 Å². The molecule has 1 saturated heterocycles. The van der Waals surface area contributed by atoms with Gasteiger partial charge in [-0.2, -0.15) is 0 Å². The SMILES string of the molecule is COC(=O)c1cc(C2=CC3COCC(C2)N3C(=O)OC(C)(C)C)cc([N+](=O)[O-])c1. The van der Waals surface area contributed by atoms with Crippen molar-refractivity contribution >= 4 is 23.3 Å². The Labute approximate surface area is 168 Å². The fraction of sp³-hybridized carbons (Fsp3) is 0.500. The molecular weight excluding hydrogens is 380 g/mol. The lowest BCUT2D eigenvalue weighted by Gasteiger charge is -2.44. The van der Waals surface area contributed by atoms with Crippen molar-refractivity contribution in [3.63, 3.8) is 0 Å². The van der Waals surface area contributed by atoms with E-state index in [0.717, 1.165) is 5.57 Å². The maximum Gasteiger partial charge on any atom is 0.411 e. The van der Waals surface area contributed by atoms with Crippen molar-refractivity contribution in [2.45, 2.75) is 44.9 Å². The van der Waals surface area contributed by atoms with Gasteiger partial charge in [0, 0.05) is 12.1 Å². The van der Waals surface area contributed by atoms with Gasteiger partial charge in [-0.05, 0) is 44.4 Å². The van der Waals surface area contributed by atoms with Gasteiger partial charge in [0.1, 0.15) is 5.60 Å². The molecule has 2 heterocycles. The third kappa shape index (κ3) is 4.56. The highest BCUT2D eigenvalue weighted by atomic mass is 16.6. The maximum atomic E-state index is 12.7. The van der Waals surface area contributed by atoms with Crippen LogP contribution >= 0.6 is 0 Å². The summed E-state index contributed by atoms with van der Waals surface area (Å²) in [5, 5.41) is 11.3. The van der Waals surface area contributed by atoms with Gasteiger partial charge in [0.05, 0.1) is 42.9 Å². The van der Waals surface area contributed by atoms with Crippen LogP contribution in [0.15, 0.2) is 24.3 Å². The van der Waals surface area contributed by atoms with Crippen molar-refractivity contribution in [3.8, 4) is 0 Å². The summed E-state index contributed by atoms with van der Waals surface area (Å²) in [6.45, 7) is 6.06. The van der Waals surface area contributed by atoms with Crippen molar-refractivity contribution in [1.82, 2.24) is 4.90 Å². The number of rotatable bonds is 3. The number of esters is 1. The molecule has 1 aromatic rings. The van der Waals surface area contributed by atoms with Gasteiger partial charge in [0.25, 0.3) is 5.69 Å². The number of hydrogen-bond acceptors (Lipinski definition) is 7. The largest absolute Gasteiger partial charge is 0.465 e. The molecule has 156 valence electrons. The predicted octanol–water partition coefficient (Wildman–Crippen LogP) is 3.17. The number of hydrogen-bond donors (Lipinski definition) is 0. The minimum atomic E-state index is -0.648. The lowest BCUT2D eigenvalue weighted by Crippen LogP contribution is -2.57. The van der Waals surface area contributed by atoms with Crippen molar-refractivity contribution in [2.75, 3.05) is 20.3 Å². The second kappa shape index (κ2) is 7.82. The van der Waals surface area contributed by atoms with Crippen molar-refractivity contribution in [2.24, 2.45) is 0 Å². The molecule has 0 aliphatic carbocycles. The molecule has 1 fully saturated rings. The quantitative estimate of drug-likeness (QED) is 0.432. The average molecular weight is 404 g/mol. The molecule has 1 amide bonds. The van der Waals surface area contributed by atoms with Crippen LogP contribution < -0.4 is 0 Å². The zero-order valence-electron chi connectivity index (χ0n) is 16.8. The number of ether oxygens (including phenoxy) is 3. The molecule has 0 spiro atoms. The zero-order chi connectivity index (χ0) is 21.3. The summed E-state index contributed by atoms with van der Waals surface area (Å²) in [6.07, 6.45) is 1.86. The summed E-state index contributed by atoms with van der Waals surface area (Å²) in [5.41, 5.74) is 0.664. The number of nitro groups is 1. The molecule has 2 atom stereocenters. The number of amides is 1. The van der Waals surface area contributed by atoms with Gasteiger partial charge in [0.15, 0.2) is 0 Å². The van der Waals surface area contributed by atoms with Gasteiger partial charge in [-0.3, -0.25) is 15.0 Å². The van der Waals surface area contributed by atoms with E-state index in [1.165, 1.54) is 19.2 Å². The number of morpholine rings is 1. The normalized spacial score (nSPS) is 21.2. The first-order chi connectivity index (χ1) is 13.6. The molecule has 9 heteroatoms. The lowest BCUT2D eigenvalue weighted by molar-refractivity contribution is -0.384. The average Bonchev–Trinajstić information content (AvgIpc) is 2.64. The fourth-order valence-corrected chi connectivity index (χ4v) is 3.55. The third-order valence-electron chi connectivity index (χ3n) is 4.72. The van der Waals surface area contributed by atoms with E-state index in [2.05, 4.69) is 0 Å². The molecule has 2 unspecified atom stereocenters. The maximum absolute atomic E-state index is 12.7. The Hall–Kier alpha value is -2.94. The number of fused-ring (bicyclic) bond motifs is 2. The Morgan fingerprint density at radius 1 is 1.24 bits per heavy atom. The highest BCUT2D eigenvalue weighted by Crippen LogP contribution is 2.35. The molecule has 0 saturated carbocycles. The topological polar surface area (TPSA) is 108 Å². The van der Waals surface area contributed by atoms with Crippen molar-refractivity contribution < 1.29 is 28.7 Å². The van der Waals surface area contributed by atoms with Crippen molar-refractivity contribution in [3.05, 3.63) is 45.5 Å². The van der Waals surface area contributed by atoms with E-state index in [4.69, 9.17) is 14.2 Å². The molecule has 0 N–H and O–H groups in total. The molecular formula is C20H24N2O7. The summed E-state index contributed by atoms with van der Waals surface area (Å²) < 4.78 is 15.8. The summed E-state index contributed by atoms with van der Waals surface area (Å²) in [4.78, 5) is 37.0. The van der Waals surface area contributed by atoms with E-state index in [-0.39, 0.29) is 23.3 Å². The number of carbonyl (C=O) groups is 2. The van der Waals surface area contributed by atoms with Crippen LogP contribution in [0.5, 0.6) is 0 Å². The first-order valence-electron chi connectivity index (χ1n) is 9.27. The van der Waals surface area contributed by atoms with E-state index < -0.39 is 22.6 Å². The standard InChI is InChI=1S/C20H24N2O7/c1-20(2,3)29-19(24)21-16-7-13(8-17(21)11-28-10-16)12-5-14(18(23)27-4)9-15(6-12)22(25)26/h5-7,9,16-17H,8,10-11H2,1-4H3. The highest BCUT2D eigenvalue weighted by molar-refractivity contribution is 5.91. The minimum absolute atomic E-state index is 0.105. The monoisotopic (exact) mass is 404 g/mol. The Kier molecular flexibility index (Phi) is 5.61. The Morgan fingerprint density at radius 3 is 2.55 bits per heavy atom. The van der Waals surface area contributed by atoms with E-state index in [0.29, 0.717) is 25.2 Å². The van der Waals surface area contributed by atoms with Crippen LogP contribution in [0.3, 0.4) is 0 Å². The number of methoxy groups -OCH3 is 1. The Balaban J connectivity index is 1.97. The van der Waals surface area contributed by atoms with Gasteiger partial charge in [-0.25, -0.2) is 9.59 Å². The van der Waals surface area contributed by atoms with Gasteiger partial charge in [-0.15, -0.1) is 0 Å². The fourth-order valence-electron chi connectivity index (χ4n) is 3.55. The predicted molar refractivity (Wildman–Crippen MR) is 103 cm³/mol. The number of nitrogens with zero attached hydrogens (tertiary/aromatic N) is 2. The highest BCUT2D eigenvalue weighted by Gasteiger charge is 2.40. The van der Waals surface area contributed by atoms with Gasteiger partial charge in [0.2, 0.25) is 0 Å². The first kappa shape index (κ1) is 20.8. The van der Waals surface area contributed by atoms with Crippen LogP contribution in [0.2, 0.25) is 0 Å². The second-order valence-corrected chi connectivity index (χ2v) is 8.06. The molecule has 0 radical (unpaired) electrons. The van der Waals surface area contributed by atoms with E-state index >= 15 is 0 Å². The summed E-state index contributed by atoms with van der Waals surface area (Å²) in [7, 11) is 1.22. The smallest absolute Gasteiger partial charge is 0.411 e. The molecule has 2 bridgehead atoms. The van der Waals surface area contributed by atoms with Crippen LogP contribution in [-0.4, -0.2) is 59.9 Å². The number of carbonyl (C=O) groups excluding carboxylic acids is 2. The van der Waals surface area contributed by atoms with Crippen LogP contribution in [0.4, 0.5) is 10.5 Å². The van der Waals surface area contributed by atoms with Crippen LogP contribution in [0, 0.1) is 10.1 Å². The molecule has 0 aromatic heterocycles. The zero-order valence-corrected chi connectivity index (χ0v) is 16.8. The van der Waals surface area contributed by atoms with Gasteiger partial charge >= 0.3 is 12.1 Å². The second-order valence-electron chi connectivity index (χ2n) is 8.06. The third-order valence-corrected chi connectivity index (χ3v) is 4.72. The number of non-ortho nitro benzene ring substituents is 1. The summed E-state index contributed by atoms with van der Waals surface area (Å²) in [5.74, 6) is -0.648. The molecule has 3 rings (SSSR count). The first-order valence-corrected chi connectivity index (χ1v) is 9.27. The van der Waals surface area contributed by atoms with Crippen LogP contribution in [0.1, 0.15) is 43.1 Å². The van der Waals surface area contributed by atoms with E-state index in [1.807, 2.05) is 6.08 Å². The molecule has 2 aliphatic heterocycles. The summed E-state index contributed by atoms with van der Waals surface area (Å²) in [6, 6.07) is 3.58. The Bertz CT molecular complexity index is 872. The number of nitro benzene ring substituents is 1. The Morgan fingerprint density at radius 2 is 1.97 bits per heavy atom. The van der Waals surface area contributed by atoms with Crippen LogP contribution in [0.25, 0.3) is 5.57 Å². The number of benzene rings is 1. The molecule has 29 heavy (non-hydrogen) atoms. The summed E-state index contributed by atoms with van der Waals surface area (Å²) >= 11 is 0. The van der Waals surface area contributed by atoms with E-state index in [9.17, 15) is 19.7 Å². The van der Waals surface area contributed by atoms with Crippen molar-refractivity contribution in [1.29, 1.82) is 0 Å². The minimum Gasteiger partial charge on any atom is -0.465 e. The lowest BCUT2D eigenvalue weighted by atomic mass is 9.89. The molecule has 1 aromatic carbocycles. The molecule has 2 aliphatic rings. The van der Waals surface area contributed by atoms with Gasteiger partial charge < -0.3 is 14.2 Å².